The van der Waals surface area contributed by atoms with Gasteiger partial charge in [0.2, 0.25) is 0 Å². The summed E-state index contributed by atoms with van der Waals surface area (Å²) in [6, 6.07) is 7.16. The first kappa shape index (κ1) is 18.1. The quantitative estimate of drug-likeness (QED) is 0.606. The molecule has 1 saturated heterocycles. The van der Waals surface area contributed by atoms with Gasteiger partial charge in [-0.15, -0.1) is 0 Å². The first-order chi connectivity index (χ1) is 12.8. The second kappa shape index (κ2) is 6.41. The van der Waals surface area contributed by atoms with Gasteiger partial charge in [-0.05, 0) is 54.7 Å². The molecule has 2 heterocycles. The Morgan fingerprint density at radius 2 is 1.96 bits per heavy atom. The van der Waals surface area contributed by atoms with Crippen LogP contribution in [0.3, 0.4) is 0 Å². The predicted molar refractivity (Wildman–Crippen MR) is 93.2 cm³/mol. The summed E-state index contributed by atoms with van der Waals surface area (Å²) in [6.07, 6.45) is -2.65. The maximum atomic E-state index is 14.1. The molecule has 1 N–H and O–H groups in total. The molecule has 3 nitrogen and oxygen atoms in total. The maximum absolute atomic E-state index is 14.1. The SMILES string of the molecule is O=C(Nc1ccc(C(F)(F)F)c(Cl)c1)N1C2CCC1c1cccc(F)c1C2. The van der Waals surface area contributed by atoms with Crippen LogP contribution in [-0.2, 0) is 12.6 Å². The van der Waals surface area contributed by atoms with Crippen LogP contribution in [0.5, 0.6) is 0 Å². The van der Waals surface area contributed by atoms with E-state index in [-0.39, 0.29) is 23.6 Å². The molecule has 2 bridgehead atoms. The summed E-state index contributed by atoms with van der Waals surface area (Å²) in [6.45, 7) is 0. The van der Waals surface area contributed by atoms with Crippen molar-refractivity contribution in [3.05, 3.63) is 63.9 Å². The van der Waals surface area contributed by atoms with Crippen molar-refractivity contribution < 1.29 is 22.4 Å². The molecule has 2 aliphatic heterocycles. The Kier molecular flexibility index (Phi) is 4.29. The zero-order chi connectivity index (χ0) is 19.3. The number of benzene rings is 2. The molecule has 2 amide bonds. The van der Waals surface area contributed by atoms with E-state index >= 15 is 0 Å². The van der Waals surface area contributed by atoms with Crippen LogP contribution in [0.25, 0.3) is 0 Å². The van der Waals surface area contributed by atoms with Crippen molar-refractivity contribution >= 4 is 23.3 Å². The van der Waals surface area contributed by atoms with Crippen LogP contribution in [-0.4, -0.2) is 17.0 Å². The molecule has 142 valence electrons. The smallest absolute Gasteiger partial charge is 0.314 e. The lowest BCUT2D eigenvalue weighted by Gasteiger charge is -2.36. The van der Waals surface area contributed by atoms with Gasteiger partial charge in [-0.3, -0.25) is 0 Å². The number of alkyl halides is 3. The number of nitrogens with zero attached hydrogens (tertiary/aromatic N) is 1. The van der Waals surface area contributed by atoms with Gasteiger partial charge < -0.3 is 10.2 Å². The van der Waals surface area contributed by atoms with E-state index in [2.05, 4.69) is 5.32 Å². The molecule has 0 aromatic heterocycles. The number of urea groups is 1. The first-order valence-electron chi connectivity index (χ1n) is 8.49. The third-order valence-corrected chi connectivity index (χ3v) is 5.53. The van der Waals surface area contributed by atoms with Gasteiger partial charge in [0, 0.05) is 11.7 Å². The molecule has 2 aromatic rings. The molecule has 0 radical (unpaired) electrons. The van der Waals surface area contributed by atoms with Crippen molar-refractivity contribution in [2.75, 3.05) is 5.32 Å². The van der Waals surface area contributed by atoms with E-state index in [1.54, 1.807) is 11.0 Å². The number of carbonyl (C=O) groups excluding carboxylic acids is 1. The second-order valence-electron chi connectivity index (χ2n) is 6.79. The summed E-state index contributed by atoms with van der Waals surface area (Å²) in [5.41, 5.74) is 0.669. The van der Waals surface area contributed by atoms with Crippen molar-refractivity contribution in [2.45, 2.75) is 37.5 Å². The number of nitrogens with one attached hydrogen (secondary N) is 1. The van der Waals surface area contributed by atoms with Crippen molar-refractivity contribution in [3.63, 3.8) is 0 Å². The van der Waals surface area contributed by atoms with Crippen molar-refractivity contribution in [3.8, 4) is 0 Å². The number of carbonyl (C=O) groups is 1. The standard InChI is InChI=1S/C19H15ClF4N2O/c20-15-8-10(4-6-14(15)19(22,23)24)25-18(27)26-11-5-7-17(26)12-2-1-3-16(21)13(12)9-11/h1-4,6,8,11,17H,5,7,9H2,(H,25,27). The molecular weight excluding hydrogens is 384 g/mol. The lowest BCUT2D eigenvalue weighted by Crippen LogP contribution is -2.44. The molecule has 0 aliphatic carbocycles. The molecule has 2 unspecified atom stereocenters. The molecule has 4 rings (SSSR count). The summed E-state index contributed by atoms with van der Waals surface area (Å²) >= 11 is 5.71. The maximum Gasteiger partial charge on any atom is 0.417 e. The van der Waals surface area contributed by atoms with E-state index in [9.17, 15) is 22.4 Å². The highest BCUT2D eigenvalue weighted by Crippen LogP contribution is 2.44. The minimum atomic E-state index is -4.56. The van der Waals surface area contributed by atoms with Gasteiger partial charge in [0.15, 0.2) is 0 Å². The van der Waals surface area contributed by atoms with Gasteiger partial charge in [-0.25, -0.2) is 9.18 Å². The molecule has 2 atom stereocenters. The Labute approximate surface area is 157 Å². The average Bonchev–Trinajstić information content (AvgIpc) is 2.90. The van der Waals surface area contributed by atoms with Crippen LogP contribution in [0.15, 0.2) is 36.4 Å². The van der Waals surface area contributed by atoms with E-state index in [4.69, 9.17) is 11.6 Å². The first-order valence-corrected chi connectivity index (χ1v) is 8.87. The Bertz CT molecular complexity index is 915. The minimum Gasteiger partial charge on any atom is -0.314 e. The zero-order valence-corrected chi connectivity index (χ0v) is 14.7. The van der Waals surface area contributed by atoms with Crippen LogP contribution in [0.1, 0.15) is 35.6 Å². The van der Waals surface area contributed by atoms with Crippen LogP contribution in [0.4, 0.5) is 28.0 Å². The topological polar surface area (TPSA) is 32.3 Å². The molecule has 2 aliphatic rings. The average molecular weight is 399 g/mol. The van der Waals surface area contributed by atoms with Crippen LogP contribution in [0.2, 0.25) is 5.02 Å². The van der Waals surface area contributed by atoms with Crippen molar-refractivity contribution in [1.29, 1.82) is 0 Å². The number of hydrogen-bond donors (Lipinski definition) is 1. The number of amides is 2. The number of rotatable bonds is 1. The zero-order valence-electron chi connectivity index (χ0n) is 14.0. The third kappa shape index (κ3) is 3.14. The summed E-state index contributed by atoms with van der Waals surface area (Å²) in [5, 5.41) is 2.14. The van der Waals surface area contributed by atoms with E-state index < -0.39 is 22.8 Å². The second-order valence-corrected chi connectivity index (χ2v) is 7.20. The minimum absolute atomic E-state index is 0.135. The number of anilines is 1. The number of hydrogen-bond acceptors (Lipinski definition) is 1. The van der Waals surface area contributed by atoms with E-state index in [1.165, 1.54) is 12.1 Å². The van der Waals surface area contributed by atoms with Crippen LogP contribution < -0.4 is 5.32 Å². The van der Waals surface area contributed by atoms with Crippen molar-refractivity contribution in [1.82, 2.24) is 4.90 Å². The lowest BCUT2D eigenvalue weighted by molar-refractivity contribution is -0.137. The fourth-order valence-corrected chi connectivity index (χ4v) is 4.33. The van der Waals surface area contributed by atoms with Crippen molar-refractivity contribution in [2.24, 2.45) is 0 Å². The Balaban J connectivity index is 1.57. The molecule has 0 saturated carbocycles. The highest BCUT2D eigenvalue weighted by molar-refractivity contribution is 6.31. The van der Waals surface area contributed by atoms with Gasteiger partial charge in [-0.2, -0.15) is 13.2 Å². The van der Waals surface area contributed by atoms with E-state index in [0.717, 1.165) is 30.5 Å². The molecule has 27 heavy (non-hydrogen) atoms. The lowest BCUT2D eigenvalue weighted by atomic mass is 9.93. The van der Waals surface area contributed by atoms with Gasteiger partial charge in [-0.1, -0.05) is 23.7 Å². The van der Waals surface area contributed by atoms with E-state index in [0.29, 0.717) is 12.0 Å². The van der Waals surface area contributed by atoms with Crippen LogP contribution in [0, 0.1) is 5.82 Å². The molecule has 2 aromatic carbocycles. The normalized spacial score (nSPS) is 21.1. The number of halogens is 5. The summed E-state index contributed by atoms with van der Waals surface area (Å²) in [7, 11) is 0. The number of fused-ring (bicyclic) bond motifs is 4. The fourth-order valence-electron chi connectivity index (χ4n) is 4.05. The predicted octanol–water partition coefficient (Wildman–Crippen LogP) is 5.79. The summed E-state index contributed by atoms with van der Waals surface area (Å²) in [5.74, 6) is -0.265. The van der Waals surface area contributed by atoms with Gasteiger partial charge in [0.25, 0.3) is 0 Å². The molecule has 1 fully saturated rings. The summed E-state index contributed by atoms with van der Waals surface area (Å²) in [4.78, 5) is 14.4. The Morgan fingerprint density at radius 1 is 1.19 bits per heavy atom. The molecule has 0 spiro atoms. The van der Waals surface area contributed by atoms with Crippen LogP contribution >= 0.6 is 11.6 Å². The Morgan fingerprint density at radius 3 is 2.67 bits per heavy atom. The van der Waals surface area contributed by atoms with Gasteiger partial charge >= 0.3 is 12.2 Å². The van der Waals surface area contributed by atoms with Gasteiger partial charge in [0.1, 0.15) is 5.82 Å². The Hall–Kier alpha value is -2.28. The largest absolute Gasteiger partial charge is 0.417 e. The third-order valence-electron chi connectivity index (χ3n) is 5.22. The van der Waals surface area contributed by atoms with Gasteiger partial charge in [0.05, 0.1) is 16.6 Å². The highest BCUT2D eigenvalue weighted by atomic mass is 35.5. The monoisotopic (exact) mass is 398 g/mol. The summed E-state index contributed by atoms with van der Waals surface area (Å²) < 4.78 is 52.5. The fraction of sp³-hybridized carbons (Fsp3) is 0.316. The molecular formula is C19H15ClF4N2O. The highest BCUT2D eigenvalue weighted by Gasteiger charge is 2.43. The van der Waals surface area contributed by atoms with E-state index in [1.807, 2.05) is 6.07 Å². The molecule has 8 heteroatoms.